The van der Waals surface area contributed by atoms with Gasteiger partial charge in [-0.15, -0.1) is 6.58 Å². The van der Waals surface area contributed by atoms with E-state index >= 15 is 0 Å². The van der Waals surface area contributed by atoms with Crippen molar-refractivity contribution in [1.29, 1.82) is 5.26 Å². The summed E-state index contributed by atoms with van der Waals surface area (Å²) in [5.74, 6) is -0.868. The monoisotopic (exact) mass is 449 g/mol. The van der Waals surface area contributed by atoms with Crippen LogP contribution in [0.3, 0.4) is 0 Å². The van der Waals surface area contributed by atoms with Gasteiger partial charge in [0.25, 0.3) is 5.91 Å². The van der Waals surface area contributed by atoms with Crippen molar-refractivity contribution >= 4 is 29.2 Å². The van der Waals surface area contributed by atoms with Gasteiger partial charge in [-0.2, -0.15) is 18.4 Å². The zero-order valence-corrected chi connectivity index (χ0v) is 16.6. The molecular formula is C21H15ClF3N3O3. The minimum atomic E-state index is -4.85. The number of carbonyl (C=O) groups is 2. The Morgan fingerprint density at radius 1 is 1.26 bits per heavy atom. The van der Waals surface area contributed by atoms with Crippen molar-refractivity contribution in [2.75, 3.05) is 18.1 Å². The summed E-state index contributed by atoms with van der Waals surface area (Å²) < 4.78 is 45.5. The number of imide groups is 1. The Morgan fingerprint density at radius 2 is 1.97 bits per heavy atom. The second-order valence-corrected chi connectivity index (χ2v) is 7.01. The molecule has 0 bridgehead atoms. The van der Waals surface area contributed by atoms with E-state index in [-0.39, 0.29) is 29.5 Å². The van der Waals surface area contributed by atoms with E-state index in [0.29, 0.717) is 11.0 Å². The number of halogens is 4. The first kappa shape index (κ1) is 22.3. The summed E-state index contributed by atoms with van der Waals surface area (Å²) in [6.45, 7) is 3.25. The van der Waals surface area contributed by atoms with E-state index < -0.39 is 34.8 Å². The van der Waals surface area contributed by atoms with Gasteiger partial charge in [-0.3, -0.25) is 4.79 Å². The van der Waals surface area contributed by atoms with Crippen LogP contribution in [0, 0.1) is 11.3 Å². The molecular weight excluding hydrogens is 435 g/mol. The number of hydrogen-bond donors (Lipinski definition) is 1. The number of alkyl halides is 3. The molecule has 1 atom stereocenters. The van der Waals surface area contributed by atoms with E-state index in [1.165, 1.54) is 24.3 Å². The number of benzene rings is 2. The number of amides is 3. The highest BCUT2D eigenvalue weighted by molar-refractivity contribution is 6.33. The Hall–Kier alpha value is -3.35. The van der Waals surface area contributed by atoms with Crippen LogP contribution in [-0.2, 0) is 21.2 Å². The van der Waals surface area contributed by atoms with Crippen LogP contribution in [-0.4, -0.2) is 25.2 Å². The fourth-order valence-electron chi connectivity index (χ4n) is 3.27. The van der Waals surface area contributed by atoms with E-state index in [0.717, 1.165) is 12.1 Å². The van der Waals surface area contributed by atoms with Crippen molar-refractivity contribution in [3.63, 3.8) is 0 Å². The lowest BCUT2D eigenvalue weighted by molar-refractivity contribution is -0.137. The lowest BCUT2D eigenvalue weighted by Gasteiger charge is -2.28. The maximum Gasteiger partial charge on any atom is 0.417 e. The van der Waals surface area contributed by atoms with Crippen LogP contribution < -0.4 is 10.2 Å². The van der Waals surface area contributed by atoms with Crippen LogP contribution >= 0.6 is 11.6 Å². The lowest BCUT2D eigenvalue weighted by Crippen LogP contribution is -2.48. The summed E-state index contributed by atoms with van der Waals surface area (Å²) >= 11 is 6.26. The molecule has 0 radical (unpaired) electrons. The number of nitriles is 1. The molecule has 1 N–H and O–H groups in total. The molecule has 0 spiro atoms. The second kappa shape index (κ2) is 8.41. The molecule has 3 rings (SSSR count). The van der Waals surface area contributed by atoms with E-state index in [9.17, 15) is 22.8 Å². The molecule has 1 aliphatic rings. The van der Waals surface area contributed by atoms with E-state index in [4.69, 9.17) is 21.6 Å². The van der Waals surface area contributed by atoms with Crippen molar-refractivity contribution in [1.82, 2.24) is 5.32 Å². The number of carbonyl (C=O) groups excluding carboxylic acids is 2. The second-order valence-electron chi connectivity index (χ2n) is 6.60. The smallest absolute Gasteiger partial charge is 0.374 e. The molecule has 160 valence electrons. The van der Waals surface area contributed by atoms with E-state index in [2.05, 4.69) is 11.9 Å². The van der Waals surface area contributed by atoms with Gasteiger partial charge in [-0.25, -0.2) is 9.69 Å². The number of urea groups is 1. The Bertz CT molecular complexity index is 1100. The molecule has 6 nitrogen and oxygen atoms in total. The molecule has 1 fully saturated rings. The summed E-state index contributed by atoms with van der Waals surface area (Å²) in [7, 11) is 0. The Labute approximate surface area is 180 Å². The minimum Gasteiger partial charge on any atom is -0.374 e. The first-order valence-electron chi connectivity index (χ1n) is 8.87. The fraction of sp³-hybridized carbons (Fsp3) is 0.190. The topological polar surface area (TPSA) is 82.4 Å². The highest BCUT2D eigenvalue weighted by Crippen LogP contribution is 2.39. The molecule has 2 aromatic rings. The molecule has 1 unspecified atom stereocenters. The molecule has 0 aromatic heterocycles. The Balaban J connectivity index is 2.12. The molecule has 0 saturated carbocycles. The quantitative estimate of drug-likeness (QED) is 0.403. The summed E-state index contributed by atoms with van der Waals surface area (Å²) in [6.07, 6.45) is -3.41. The molecule has 1 aliphatic heterocycles. The Kier molecular flexibility index (Phi) is 6.06. The van der Waals surface area contributed by atoms with Crippen LogP contribution in [0.4, 0.5) is 23.7 Å². The van der Waals surface area contributed by atoms with Gasteiger partial charge in [0.15, 0.2) is 5.54 Å². The van der Waals surface area contributed by atoms with Crippen LogP contribution in [0.1, 0.15) is 16.7 Å². The maximum absolute atomic E-state index is 13.4. The number of nitrogens with zero attached hydrogens (tertiary/aromatic N) is 2. The normalized spacial score (nSPS) is 18.6. The molecule has 3 amide bonds. The highest BCUT2D eigenvalue weighted by Gasteiger charge is 2.54. The van der Waals surface area contributed by atoms with Crippen molar-refractivity contribution in [2.24, 2.45) is 0 Å². The molecule has 1 saturated heterocycles. The predicted octanol–water partition coefficient (Wildman–Crippen LogP) is 4.38. The third-order valence-electron chi connectivity index (χ3n) is 4.67. The van der Waals surface area contributed by atoms with Crippen molar-refractivity contribution < 1.29 is 27.5 Å². The zero-order valence-electron chi connectivity index (χ0n) is 15.9. The molecule has 2 aromatic carbocycles. The number of hydrogen-bond acceptors (Lipinski definition) is 4. The molecule has 1 heterocycles. The fourth-order valence-corrected chi connectivity index (χ4v) is 3.57. The SMILES string of the molecule is C=CCOCC1(c2ccccc2Cl)NC(=O)N(c2ccc(C#N)c(C(F)(F)F)c2)C1=O. The summed E-state index contributed by atoms with van der Waals surface area (Å²) in [5, 5.41) is 11.7. The highest BCUT2D eigenvalue weighted by atomic mass is 35.5. The average molecular weight is 450 g/mol. The van der Waals surface area contributed by atoms with E-state index in [1.807, 2.05) is 0 Å². The number of ether oxygens (including phenoxy) is 1. The number of rotatable bonds is 6. The van der Waals surface area contributed by atoms with Gasteiger partial charge in [-0.05, 0) is 24.3 Å². The van der Waals surface area contributed by atoms with Crippen LogP contribution in [0.25, 0.3) is 0 Å². The zero-order chi connectivity index (χ0) is 22.8. The first-order chi connectivity index (χ1) is 14.7. The maximum atomic E-state index is 13.4. The first-order valence-corrected chi connectivity index (χ1v) is 9.25. The molecule has 10 heteroatoms. The minimum absolute atomic E-state index is 0.0600. The third-order valence-corrected chi connectivity index (χ3v) is 5.00. The summed E-state index contributed by atoms with van der Waals surface area (Å²) in [6, 6.07) is 9.34. The van der Waals surface area contributed by atoms with Gasteiger partial charge in [-0.1, -0.05) is 35.9 Å². The standard InChI is InChI=1S/C21H15ClF3N3O3/c1-2-9-31-12-20(15-5-3-4-6-17(15)22)18(29)28(19(30)27-20)14-8-7-13(11-26)16(10-14)21(23,24)25/h2-8,10H,1,9,12H2,(H,27,30). The summed E-state index contributed by atoms with van der Waals surface area (Å²) in [5.41, 5.74) is -3.76. The van der Waals surface area contributed by atoms with Crippen molar-refractivity contribution in [2.45, 2.75) is 11.7 Å². The van der Waals surface area contributed by atoms with Crippen LogP contribution in [0.15, 0.2) is 55.1 Å². The van der Waals surface area contributed by atoms with Gasteiger partial charge in [0.05, 0.1) is 36.1 Å². The van der Waals surface area contributed by atoms with Gasteiger partial charge < -0.3 is 10.1 Å². The van der Waals surface area contributed by atoms with E-state index in [1.54, 1.807) is 12.1 Å². The third kappa shape index (κ3) is 4.00. The predicted molar refractivity (Wildman–Crippen MR) is 106 cm³/mol. The van der Waals surface area contributed by atoms with Crippen LogP contribution in [0.2, 0.25) is 5.02 Å². The Morgan fingerprint density at radius 3 is 2.58 bits per heavy atom. The van der Waals surface area contributed by atoms with Crippen molar-refractivity contribution in [3.05, 3.63) is 76.8 Å². The average Bonchev–Trinajstić information content (AvgIpc) is 2.98. The van der Waals surface area contributed by atoms with Gasteiger partial charge in [0, 0.05) is 10.6 Å². The number of anilines is 1. The van der Waals surface area contributed by atoms with Gasteiger partial charge >= 0.3 is 12.2 Å². The molecule has 0 aliphatic carbocycles. The van der Waals surface area contributed by atoms with Crippen LogP contribution in [0.5, 0.6) is 0 Å². The summed E-state index contributed by atoms with van der Waals surface area (Å²) in [4.78, 5) is 26.8. The number of nitrogens with one attached hydrogen (secondary N) is 1. The van der Waals surface area contributed by atoms with Gasteiger partial charge in [0.2, 0.25) is 0 Å². The molecule has 31 heavy (non-hydrogen) atoms. The lowest BCUT2D eigenvalue weighted by atomic mass is 9.90. The van der Waals surface area contributed by atoms with Crippen molar-refractivity contribution in [3.8, 4) is 6.07 Å². The van der Waals surface area contributed by atoms with Gasteiger partial charge in [0.1, 0.15) is 0 Å². The largest absolute Gasteiger partial charge is 0.417 e.